The summed E-state index contributed by atoms with van der Waals surface area (Å²) in [5.41, 5.74) is 3.26. The first-order valence-electron chi connectivity index (χ1n) is 10.8. The van der Waals surface area contributed by atoms with Crippen LogP contribution in [0, 0.1) is 0 Å². The number of carbonyl (C=O) groups is 3. The molecular weight excluding hydrogens is 430 g/mol. The van der Waals surface area contributed by atoms with Crippen LogP contribution < -0.4 is 15.0 Å². The number of methoxy groups -OCH3 is 1. The van der Waals surface area contributed by atoms with Gasteiger partial charge in [-0.2, -0.15) is 0 Å². The van der Waals surface area contributed by atoms with Crippen molar-refractivity contribution in [2.24, 2.45) is 0 Å². The van der Waals surface area contributed by atoms with Crippen molar-refractivity contribution >= 4 is 34.7 Å². The molecule has 4 rings (SSSR count). The molecule has 7 nitrogen and oxygen atoms in total. The van der Waals surface area contributed by atoms with E-state index in [-0.39, 0.29) is 5.91 Å². The standard InChI is InChI=1S/C27H25N3O4/c1-18(31)28-21-14-12-20(13-15-21)24-25(29(2)17-19-8-5-4-6-9-19)27(33)30(26(24)32)22-10-7-11-23(16-22)34-3/h4-16H,17H2,1-3H3,(H,28,31). The van der Waals surface area contributed by atoms with Gasteiger partial charge in [0.05, 0.1) is 18.4 Å². The van der Waals surface area contributed by atoms with Crippen molar-refractivity contribution in [1.82, 2.24) is 4.90 Å². The van der Waals surface area contributed by atoms with Gasteiger partial charge in [0.25, 0.3) is 11.8 Å². The van der Waals surface area contributed by atoms with Crippen molar-refractivity contribution < 1.29 is 19.1 Å². The predicted molar refractivity (Wildman–Crippen MR) is 131 cm³/mol. The Hall–Kier alpha value is -4.39. The number of nitrogens with zero attached hydrogens (tertiary/aromatic N) is 2. The molecule has 0 unspecified atom stereocenters. The van der Waals surface area contributed by atoms with Gasteiger partial charge in [-0.15, -0.1) is 0 Å². The van der Waals surface area contributed by atoms with E-state index in [0.29, 0.717) is 40.5 Å². The lowest BCUT2D eigenvalue weighted by molar-refractivity contribution is -0.120. The van der Waals surface area contributed by atoms with Crippen LogP contribution in [0.25, 0.3) is 5.57 Å². The lowest BCUT2D eigenvalue weighted by Crippen LogP contribution is -2.34. The van der Waals surface area contributed by atoms with E-state index >= 15 is 0 Å². The zero-order chi connectivity index (χ0) is 24.2. The van der Waals surface area contributed by atoms with Gasteiger partial charge in [-0.25, -0.2) is 4.90 Å². The van der Waals surface area contributed by atoms with E-state index in [1.54, 1.807) is 60.5 Å². The summed E-state index contributed by atoms with van der Waals surface area (Å²) < 4.78 is 5.29. The summed E-state index contributed by atoms with van der Waals surface area (Å²) in [6, 6.07) is 23.5. The zero-order valence-corrected chi connectivity index (χ0v) is 19.2. The van der Waals surface area contributed by atoms with Crippen LogP contribution in [-0.2, 0) is 20.9 Å². The number of anilines is 2. The molecule has 3 aromatic rings. The first kappa shape index (κ1) is 22.8. The van der Waals surface area contributed by atoms with Gasteiger partial charge in [-0.3, -0.25) is 14.4 Å². The number of hydrogen-bond donors (Lipinski definition) is 1. The average Bonchev–Trinajstić information content (AvgIpc) is 3.10. The Morgan fingerprint density at radius 2 is 1.65 bits per heavy atom. The molecule has 0 radical (unpaired) electrons. The van der Waals surface area contributed by atoms with Gasteiger partial charge in [-0.05, 0) is 35.4 Å². The minimum atomic E-state index is -0.416. The Balaban J connectivity index is 1.77. The molecule has 0 saturated heterocycles. The predicted octanol–water partition coefficient (Wildman–Crippen LogP) is 4.07. The molecule has 1 N–H and O–H groups in total. The maximum Gasteiger partial charge on any atom is 0.282 e. The van der Waals surface area contributed by atoms with Gasteiger partial charge in [0.2, 0.25) is 5.91 Å². The number of likely N-dealkylation sites (N-methyl/N-ethyl adjacent to an activating group) is 1. The maximum absolute atomic E-state index is 13.7. The van der Waals surface area contributed by atoms with Crippen LogP contribution >= 0.6 is 0 Å². The van der Waals surface area contributed by atoms with Crippen LogP contribution in [-0.4, -0.2) is 36.8 Å². The summed E-state index contributed by atoms with van der Waals surface area (Å²) in [7, 11) is 3.33. The van der Waals surface area contributed by atoms with Crippen LogP contribution in [0.2, 0.25) is 0 Å². The van der Waals surface area contributed by atoms with Gasteiger partial charge >= 0.3 is 0 Å². The van der Waals surface area contributed by atoms with Crippen molar-refractivity contribution in [3.8, 4) is 5.75 Å². The van der Waals surface area contributed by atoms with Crippen LogP contribution in [0.1, 0.15) is 18.1 Å². The molecule has 0 saturated carbocycles. The quantitative estimate of drug-likeness (QED) is 0.544. The largest absolute Gasteiger partial charge is 0.497 e. The van der Waals surface area contributed by atoms with E-state index in [2.05, 4.69) is 5.32 Å². The third-order valence-corrected chi connectivity index (χ3v) is 5.51. The molecule has 1 aliphatic heterocycles. The van der Waals surface area contributed by atoms with E-state index in [1.807, 2.05) is 30.3 Å². The highest BCUT2D eigenvalue weighted by Crippen LogP contribution is 2.36. The van der Waals surface area contributed by atoms with E-state index in [4.69, 9.17) is 4.74 Å². The minimum absolute atomic E-state index is 0.188. The zero-order valence-electron chi connectivity index (χ0n) is 19.2. The van der Waals surface area contributed by atoms with E-state index in [1.165, 1.54) is 18.9 Å². The molecule has 34 heavy (non-hydrogen) atoms. The third kappa shape index (κ3) is 4.54. The average molecular weight is 456 g/mol. The van der Waals surface area contributed by atoms with Gasteiger partial charge < -0.3 is 15.0 Å². The number of benzene rings is 3. The van der Waals surface area contributed by atoms with Crippen LogP contribution in [0.4, 0.5) is 11.4 Å². The summed E-state index contributed by atoms with van der Waals surface area (Å²) in [5.74, 6) is -0.463. The van der Waals surface area contributed by atoms with E-state index in [0.717, 1.165) is 5.56 Å². The Morgan fingerprint density at radius 1 is 0.941 bits per heavy atom. The molecule has 7 heteroatoms. The number of hydrogen-bond acceptors (Lipinski definition) is 5. The molecule has 0 aliphatic carbocycles. The summed E-state index contributed by atoms with van der Waals surface area (Å²) in [6.45, 7) is 1.88. The summed E-state index contributed by atoms with van der Waals surface area (Å²) in [6.07, 6.45) is 0. The Bertz CT molecular complexity index is 1270. The lowest BCUT2D eigenvalue weighted by Gasteiger charge is -2.22. The Morgan fingerprint density at radius 3 is 2.29 bits per heavy atom. The molecule has 0 bridgehead atoms. The van der Waals surface area contributed by atoms with Crippen LogP contribution in [0.15, 0.2) is 84.6 Å². The monoisotopic (exact) mass is 455 g/mol. The van der Waals surface area contributed by atoms with E-state index < -0.39 is 11.8 Å². The third-order valence-electron chi connectivity index (χ3n) is 5.51. The Labute approximate surface area is 198 Å². The van der Waals surface area contributed by atoms with Gasteiger partial charge in [0, 0.05) is 32.3 Å². The number of carbonyl (C=O) groups excluding carboxylic acids is 3. The van der Waals surface area contributed by atoms with Crippen molar-refractivity contribution in [2.75, 3.05) is 24.4 Å². The molecule has 0 aromatic heterocycles. The number of nitrogens with one attached hydrogen (secondary N) is 1. The van der Waals surface area contributed by atoms with Gasteiger partial charge in [0.1, 0.15) is 11.4 Å². The molecular formula is C27H25N3O4. The molecule has 0 fully saturated rings. The summed E-state index contributed by atoms with van der Waals surface area (Å²) in [5, 5.41) is 2.71. The smallest absolute Gasteiger partial charge is 0.282 e. The maximum atomic E-state index is 13.7. The fourth-order valence-corrected chi connectivity index (χ4v) is 3.98. The number of ether oxygens (including phenoxy) is 1. The highest BCUT2D eigenvalue weighted by molar-refractivity contribution is 6.45. The minimum Gasteiger partial charge on any atom is -0.497 e. The van der Waals surface area contributed by atoms with Crippen molar-refractivity contribution in [1.29, 1.82) is 0 Å². The Kier molecular flexibility index (Phi) is 6.45. The summed E-state index contributed by atoms with van der Waals surface area (Å²) >= 11 is 0. The second kappa shape index (κ2) is 9.62. The highest BCUT2D eigenvalue weighted by atomic mass is 16.5. The highest BCUT2D eigenvalue weighted by Gasteiger charge is 2.41. The van der Waals surface area contributed by atoms with Crippen LogP contribution in [0.3, 0.4) is 0 Å². The van der Waals surface area contributed by atoms with Crippen LogP contribution in [0.5, 0.6) is 5.75 Å². The molecule has 0 atom stereocenters. The molecule has 1 aliphatic rings. The first-order chi connectivity index (χ1) is 16.4. The summed E-state index contributed by atoms with van der Waals surface area (Å²) in [4.78, 5) is 41.7. The molecule has 172 valence electrons. The first-order valence-corrected chi connectivity index (χ1v) is 10.8. The van der Waals surface area contributed by atoms with Gasteiger partial charge in [-0.1, -0.05) is 48.5 Å². The second-order valence-electron chi connectivity index (χ2n) is 7.97. The van der Waals surface area contributed by atoms with E-state index in [9.17, 15) is 14.4 Å². The number of amides is 3. The van der Waals surface area contributed by atoms with Crippen molar-refractivity contribution in [3.05, 3.63) is 95.7 Å². The fourth-order valence-electron chi connectivity index (χ4n) is 3.98. The molecule has 3 amide bonds. The number of rotatable bonds is 7. The topological polar surface area (TPSA) is 79.0 Å². The van der Waals surface area contributed by atoms with Gasteiger partial charge in [0.15, 0.2) is 0 Å². The normalized spacial score (nSPS) is 13.3. The SMILES string of the molecule is COc1cccc(N2C(=O)C(c3ccc(NC(C)=O)cc3)=C(N(C)Cc3ccccc3)C2=O)c1. The second-order valence-corrected chi connectivity index (χ2v) is 7.97. The van der Waals surface area contributed by atoms with Crippen molar-refractivity contribution in [3.63, 3.8) is 0 Å². The number of imide groups is 1. The molecule has 0 spiro atoms. The molecule has 1 heterocycles. The lowest BCUT2D eigenvalue weighted by atomic mass is 10.0. The molecule has 3 aromatic carbocycles. The van der Waals surface area contributed by atoms with Crippen molar-refractivity contribution in [2.45, 2.75) is 13.5 Å². The fraction of sp³-hybridized carbons (Fsp3) is 0.148.